The summed E-state index contributed by atoms with van der Waals surface area (Å²) in [6.07, 6.45) is 1.14. The smallest absolute Gasteiger partial charge is 0.257 e. The monoisotopic (exact) mass is 464 g/mol. The van der Waals surface area contributed by atoms with E-state index >= 15 is 0 Å². The van der Waals surface area contributed by atoms with Gasteiger partial charge in [0.1, 0.15) is 12.6 Å². The summed E-state index contributed by atoms with van der Waals surface area (Å²) in [7, 11) is 1.88. The average Bonchev–Trinajstić information content (AvgIpc) is 3.27. The average molecular weight is 465 g/mol. The van der Waals surface area contributed by atoms with E-state index in [1.165, 1.54) is 4.68 Å². The molecule has 0 amide bonds. The lowest BCUT2D eigenvalue weighted by molar-refractivity contribution is 0.122. The fourth-order valence-electron chi connectivity index (χ4n) is 4.67. The first kappa shape index (κ1) is 22.1. The molecule has 3 aromatic heterocycles. The number of pyridine rings is 1. The van der Waals surface area contributed by atoms with Gasteiger partial charge in [-0.1, -0.05) is 23.8 Å². The minimum atomic E-state index is -2.55. The summed E-state index contributed by atoms with van der Waals surface area (Å²) in [4.78, 5) is 4.32. The molecule has 2 N–H and O–H groups in total. The first-order valence-electron chi connectivity index (χ1n) is 11.1. The standard InChI is InChI=1S/C25H26F2N6O/c1-13-5-6-18-20(7-13)15(3)34-21-9-16(10-29-25(21)28)24-19(8-17-11-32(4)31-23(17)18)14(2)30-33(24)12-22(26)27/h5-7,9-11,15,22H,8,12H2,1-4H3,(H2,28,29). The van der Waals surface area contributed by atoms with Gasteiger partial charge in [0, 0.05) is 53.7 Å². The van der Waals surface area contributed by atoms with Gasteiger partial charge in [-0.15, -0.1) is 0 Å². The number of aryl methyl sites for hydroxylation is 3. The van der Waals surface area contributed by atoms with Crippen LogP contribution in [0.5, 0.6) is 5.75 Å². The number of aromatic nitrogens is 5. The van der Waals surface area contributed by atoms with Crippen molar-refractivity contribution < 1.29 is 13.5 Å². The Morgan fingerprint density at radius 2 is 2.00 bits per heavy atom. The molecule has 1 aromatic carbocycles. The molecule has 2 bridgehead atoms. The Labute approximate surface area is 196 Å². The van der Waals surface area contributed by atoms with Crippen LogP contribution in [-0.2, 0) is 20.0 Å². The summed E-state index contributed by atoms with van der Waals surface area (Å²) in [6.45, 7) is 5.31. The predicted octanol–water partition coefficient (Wildman–Crippen LogP) is 4.85. The van der Waals surface area contributed by atoms with E-state index in [1.807, 2.05) is 46.1 Å². The molecule has 1 atom stereocenters. The Morgan fingerprint density at radius 3 is 2.76 bits per heavy atom. The molecule has 0 spiro atoms. The van der Waals surface area contributed by atoms with E-state index in [-0.39, 0.29) is 11.9 Å². The summed E-state index contributed by atoms with van der Waals surface area (Å²) >= 11 is 0. The van der Waals surface area contributed by atoms with Crippen LogP contribution in [0.15, 0.2) is 36.7 Å². The second-order valence-corrected chi connectivity index (χ2v) is 8.80. The summed E-state index contributed by atoms with van der Waals surface area (Å²) in [5.74, 6) is 0.631. The number of ether oxygens (including phenoxy) is 1. The van der Waals surface area contributed by atoms with Gasteiger partial charge >= 0.3 is 0 Å². The second-order valence-electron chi connectivity index (χ2n) is 8.80. The SMILES string of the molecule is Cc1ccc2c(c1)C(C)Oc1cc(cnc1N)-c1c(c(C)nn1CC(F)F)Cc1cn(C)nc1-2. The van der Waals surface area contributed by atoms with Gasteiger partial charge in [0.2, 0.25) is 0 Å². The van der Waals surface area contributed by atoms with Gasteiger partial charge in [0.05, 0.1) is 17.1 Å². The third-order valence-corrected chi connectivity index (χ3v) is 6.19. The van der Waals surface area contributed by atoms with Gasteiger partial charge in [0.15, 0.2) is 11.6 Å². The summed E-state index contributed by atoms with van der Waals surface area (Å²) in [5.41, 5.74) is 13.7. The van der Waals surface area contributed by atoms with Gasteiger partial charge in [-0.2, -0.15) is 10.2 Å². The van der Waals surface area contributed by atoms with E-state index < -0.39 is 13.0 Å². The van der Waals surface area contributed by atoms with Crippen molar-refractivity contribution >= 4 is 5.82 Å². The molecule has 34 heavy (non-hydrogen) atoms. The topological polar surface area (TPSA) is 83.8 Å². The highest BCUT2D eigenvalue weighted by Crippen LogP contribution is 2.39. The van der Waals surface area contributed by atoms with E-state index in [9.17, 15) is 8.78 Å². The predicted molar refractivity (Wildman–Crippen MR) is 126 cm³/mol. The van der Waals surface area contributed by atoms with E-state index in [1.54, 1.807) is 16.9 Å². The third-order valence-electron chi connectivity index (χ3n) is 6.19. The zero-order chi connectivity index (χ0) is 24.1. The summed E-state index contributed by atoms with van der Waals surface area (Å²) < 4.78 is 36.3. The van der Waals surface area contributed by atoms with Crippen LogP contribution in [-0.4, -0.2) is 31.0 Å². The lowest BCUT2D eigenvalue weighted by Gasteiger charge is -2.21. The molecule has 4 heterocycles. The summed E-state index contributed by atoms with van der Waals surface area (Å²) in [6, 6.07) is 7.95. The van der Waals surface area contributed by atoms with Crippen molar-refractivity contribution in [2.75, 3.05) is 5.73 Å². The second kappa shape index (κ2) is 8.23. The largest absolute Gasteiger partial charge is 0.482 e. The number of fused-ring (bicyclic) bond motifs is 7. The van der Waals surface area contributed by atoms with Crippen LogP contribution >= 0.6 is 0 Å². The number of nitrogens with two attached hydrogens (primary N) is 1. The molecule has 1 aliphatic rings. The van der Waals surface area contributed by atoms with E-state index in [4.69, 9.17) is 15.6 Å². The number of anilines is 1. The molecular formula is C25H26F2N6O. The fourth-order valence-corrected chi connectivity index (χ4v) is 4.67. The molecule has 0 saturated carbocycles. The molecule has 1 unspecified atom stereocenters. The number of nitrogens with zero attached hydrogens (tertiary/aromatic N) is 5. The molecule has 5 rings (SSSR count). The highest BCUT2D eigenvalue weighted by Gasteiger charge is 2.26. The first-order valence-corrected chi connectivity index (χ1v) is 11.1. The minimum Gasteiger partial charge on any atom is -0.482 e. The molecular weight excluding hydrogens is 438 g/mol. The van der Waals surface area contributed by atoms with E-state index in [2.05, 4.69) is 16.1 Å². The lowest BCUT2D eigenvalue weighted by atomic mass is 9.93. The lowest BCUT2D eigenvalue weighted by Crippen LogP contribution is -2.12. The van der Waals surface area contributed by atoms with Gasteiger partial charge < -0.3 is 10.5 Å². The Balaban J connectivity index is 1.81. The van der Waals surface area contributed by atoms with Crippen molar-refractivity contribution in [3.63, 3.8) is 0 Å². The van der Waals surface area contributed by atoms with Crippen LogP contribution in [0.1, 0.15) is 41.0 Å². The maximum Gasteiger partial charge on any atom is 0.257 e. The van der Waals surface area contributed by atoms with Gasteiger partial charge in [-0.05, 0) is 26.8 Å². The van der Waals surface area contributed by atoms with Crippen LogP contribution in [0.3, 0.4) is 0 Å². The van der Waals surface area contributed by atoms with Crippen LogP contribution in [0, 0.1) is 13.8 Å². The number of halogens is 2. The highest BCUT2D eigenvalue weighted by molar-refractivity contribution is 5.72. The van der Waals surface area contributed by atoms with Gasteiger partial charge in [-0.3, -0.25) is 9.36 Å². The third kappa shape index (κ3) is 3.81. The maximum absolute atomic E-state index is 13.4. The molecule has 176 valence electrons. The maximum atomic E-state index is 13.4. The number of rotatable bonds is 2. The zero-order valence-corrected chi connectivity index (χ0v) is 19.5. The fraction of sp³-hybridized carbons (Fsp3) is 0.320. The Kier molecular flexibility index (Phi) is 5.34. The first-order chi connectivity index (χ1) is 16.2. The van der Waals surface area contributed by atoms with Gasteiger partial charge in [-0.25, -0.2) is 13.8 Å². The number of hydrogen-bond acceptors (Lipinski definition) is 5. The number of benzene rings is 1. The zero-order valence-electron chi connectivity index (χ0n) is 19.5. The van der Waals surface area contributed by atoms with Crippen LogP contribution in [0.4, 0.5) is 14.6 Å². The van der Waals surface area contributed by atoms with Crippen molar-refractivity contribution in [3.05, 3.63) is 64.6 Å². The van der Waals surface area contributed by atoms with Crippen molar-refractivity contribution in [1.82, 2.24) is 24.5 Å². The molecule has 1 aliphatic heterocycles. The quantitative estimate of drug-likeness (QED) is 0.458. The number of nitrogen functional groups attached to an aromatic ring is 1. The van der Waals surface area contributed by atoms with Gasteiger partial charge in [0.25, 0.3) is 6.43 Å². The van der Waals surface area contributed by atoms with Crippen molar-refractivity contribution in [3.8, 4) is 28.3 Å². The Hall–Kier alpha value is -3.75. The Morgan fingerprint density at radius 1 is 1.21 bits per heavy atom. The van der Waals surface area contributed by atoms with Crippen LogP contribution in [0.2, 0.25) is 0 Å². The normalized spacial score (nSPS) is 15.1. The number of alkyl halides is 2. The van der Waals surface area contributed by atoms with E-state index in [0.717, 1.165) is 33.5 Å². The van der Waals surface area contributed by atoms with Crippen molar-refractivity contribution in [2.24, 2.45) is 7.05 Å². The van der Waals surface area contributed by atoms with Crippen LogP contribution < -0.4 is 10.5 Å². The van der Waals surface area contributed by atoms with Crippen molar-refractivity contribution in [2.45, 2.75) is 46.3 Å². The molecule has 0 aliphatic carbocycles. The van der Waals surface area contributed by atoms with Crippen LogP contribution in [0.25, 0.3) is 22.5 Å². The molecule has 0 radical (unpaired) electrons. The molecule has 0 fully saturated rings. The molecule has 9 heteroatoms. The van der Waals surface area contributed by atoms with E-state index in [0.29, 0.717) is 29.1 Å². The molecule has 4 aromatic rings. The molecule has 0 saturated heterocycles. The molecule has 7 nitrogen and oxygen atoms in total. The van der Waals surface area contributed by atoms with Crippen molar-refractivity contribution in [1.29, 1.82) is 0 Å². The number of hydrogen-bond donors (Lipinski definition) is 1. The minimum absolute atomic E-state index is 0.235. The highest BCUT2D eigenvalue weighted by atomic mass is 19.3. The summed E-state index contributed by atoms with van der Waals surface area (Å²) in [5, 5.41) is 9.23. The Bertz CT molecular complexity index is 1390.